The van der Waals surface area contributed by atoms with Gasteiger partial charge in [0.25, 0.3) is 5.91 Å². The van der Waals surface area contributed by atoms with E-state index in [9.17, 15) is 9.59 Å². The monoisotopic (exact) mass is 453 g/mol. The molecule has 0 spiro atoms. The van der Waals surface area contributed by atoms with Crippen LogP contribution in [-0.4, -0.2) is 36.6 Å². The summed E-state index contributed by atoms with van der Waals surface area (Å²) < 4.78 is 17.0. The Balaban J connectivity index is 1.43. The normalized spacial score (nSPS) is 12.6. The molecule has 2 N–H and O–H groups in total. The molecule has 2 heterocycles. The number of aromatic nitrogens is 1. The number of fused-ring (bicyclic) bond motifs is 1. The second-order valence-electron chi connectivity index (χ2n) is 7.19. The van der Waals surface area contributed by atoms with Gasteiger partial charge >= 0.3 is 0 Å². The third kappa shape index (κ3) is 5.36. The summed E-state index contributed by atoms with van der Waals surface area (Å²) in [4.78, 5) is 28.6. The van der Waals surface area contributed by atoms with Crippen molar-refractivity contribution in [3.63, 3.8) is 0 Å². The van der Waals surface area contributed by atoms with Crippen LogP contribution in [0, 0.1) is 6.92 Å². The molecule has 3 aromatic rings. The van der Waals surface area contributed by atoms with Gasteiger partial charge in [-0.05, 0) is 37.3 Å². The number of anilines is 2. The zero-order valence-corrected chi connectivity index (χ0v) is 18.6. The molecule has 0 saturated carbocycles. The van der Waals surface area contributed by atoms with E-state index >= 15 is 0 Å². The van der Waals surface area contributed by atoms with E-state index in [0.29, 0.717) is 41.8 Å². The highest BCUT2D eigenvalue weighted by molar-refractivity contribution is 7.09. The number of nitrogens with one attached hydrogen (secondary N) is 2. The van der Waals surface area contributed by atoms with E-state index in [0.717, 1.165) is 22.7 Å². The lowest BCUT2D eigenvalue weighted by molar-refractivity contribution is -0.118. The third-order valence-electron chi connectivity index (χ3n) is 4.60. The van der Waals surface area contributed by atoms with Crippen molar-refractivity contribution in [2.24, 2.45) is 0 Å². The lowest BCUT2D eigenvalue weighted by Gasteiger charge is -2.14. The molecule has 1 aliphatic rings. The Morgan fingerprint density at radius 2 is 1.91 bits per heavy atom. The van der Waals surface area contributed by atoms with E-state index in [4.69, 9.17) is 14.2 Å². The molecule has 2 aromatic carbocycles. The van der Waals surface area contributed by atoms with Crippen LogP contribution in [0.4, 0.5) is 11.4 Å². The topological polar surface area (TPSA) is 98.8 Å². The summed E-state index contributed by atoms with van der Waals surface area (Å²) >= 11 is 1.55. The van der Waals surface area contributed by atoms with Crippen LogP contribution in [0.25, 0.3) is 11.3 Å². The molecule has 0 atom stereocenters. The van der Waals surface area contributed by atoms with Crippen molar-refractivity contribution in [2.45, 2.75) is 20.3 Å². The molecule has 8 nitrogen and oxygen atoms in total. The van der Waals surface area contributed by atoms with Crippen molar-refractivity contribution < 1.29 is 23.8 Å². The van der Waals surface area contributed by atoms with E-state index < -0.39 is 0 Å². The highest BCUT2D eigenvalue weighted by Crippen LogP contribution is 2.33. The number of hydrogen-bond donors (Lipinski definition) is 2. The zero-order valence-electron chi connectivity index (χ0n) is 17.8. The number of amides is 2. The number of thiazole rings is 1. The zero-order chi connectivity index (χ0) is 22.5. The number of carbonyl (C=O) groups is 2. The Kier molecular flexibility index (Phi) is 6.55. The van der Waals surface area contributed by atoms with E-state index in [1.165, 1.54) is 6.92 Å². The Morgan fingerprint density at radius 3 is 2.66 bits per heavy atom. The van der Waals surface area contributed by atoms with Crippen LogP contribution in [0.1, 0.15) is 18.4 Å². The molecule has 166 valence electrons. The van der Waals surface area contributed by atoms with Gasteiger partial charge in [0, 0.05) is 36.0 Å². The molecular weight excluding hydrogens is 430 g/mol. The lowest BCUT2D eigenvalue weighted by atomic mass is 10.1. The van der Waals surface area contributed by atoms with Gasteiger partial charge in [-0.1, -0.05) is 0 Å². The second-order valence-corrected chi connectivity index (χ2v) is 8.25. The summed E-state index contributed by atoms with van der Waals surface area (Å²) in [5.41, 5.74) is 2.73. The van der Waals surface area contributed by atoms with Crippen LogP contribution in [0.15, 0.2) is 41.8 Å². The predicted octanol–water partition coefficient (Wildman–Crippen LogP) is 4.26. The van der Waals surface area contributed by atoms with Crippen molar-refractivity contribution >= 4 is 34.5 Å². The van der Waals surface area contributed by atoms with Crippen LogP contribution >= 0.6 is 11.3 Å². The van der Waals surface area contributed by atoms with Crippen molar-refractivity contribution in [1.29, 1.82) is 0 Å². The predicted molar refractivity (Wildman–Crippen MR) is 123 cm³/mol. The van der Waals surface area contributed by atoms with Gasteiger partial charge in [-0.2, -0.15) is 0 Å². The van der Waals surface area contributed by atoms with E-state index in [-0.39, 0.29) is 18.4 Å². The average Bonchev–Trinajstić information content (AvgIpc) is 3.06. The minimum atomic E-state index is -0.340. The first kappa shape index (κ1) is 21.6. The van der Waals surface area contributed by atoms with Crippen LogP contribution < -0.4 is 24.8 Å². The fourth-order valence-corrected chi connectivity index (χ4v) is 3.80. The molecule has 1 aromatic heterocycles. The van der Waals surface area contributed by atoms with Crippen LogP contribution in [-0.2, 0) is 9.59 Å². The second kappa shape index (κ2) is 9.69. The largest absolute Gasteiger partial charge is 0.490 e. The fraction of sp³-hybridized carbons (Fsp3) is 0.261. The first-order valence-corrected chi connectivity index (χ1v) is 11.0. The van der Waals surface area contributed by atoms with Crippen molar-refractivity contribution in [1.82, 2.24) is 4.98 Å². The lowest BCUT2D eigenvalue weighted by Crippen LogP contribution is -2.20. The van der Waals surface area contributed by atoms with Crippen LogP contribution in [0.3, 0.4) is 0 Å². The minimum Gasteiger partial charge on any atom is -0.490 e. The highest BCUT2D eigenvalue weighted by atomic mass is 32.1. The number of benzene rings is 2. The number of rotatable bonds is 6. The fourth-order valence-electron chi connectivity index (χ4n) is 3.18. The van der Waals surface area contributed by atoms with E-state index in [2.05, 4.69) is 15.6 Å². The van der Waals surface area contributed by atoms with Crippen LogP contribution in [0.5, 0.6) is 17.2 Å². The summed E-state index contributed by atoms with van der Waals surface area (Å²) in [6.45, 7) is 4.29. The smallest absolute Gasteiger partial charge is 0.262 e. The molecule has 0 fully saturated rings. The minimum absolute atomic E-state index is 0.226. The van der Waals surface area contributed by atoms with Gasteiger partial charge in [0.05, 0.1) is 29.6 Å². The Bertz CT molecular complexity index is 1140. The summed E-state index contributed by atoms with van der Waals surface area (Å²) in [5, 5.41) is 8.44. The van der Waals surface area contributed by atoms with Gasteiger partial charge in [0.15, 0.2) is 18.1 Å². The van der Waals surface area contributed by atoms with E-state index in [1.807, 2.05) is 18.4 Å². The summed E-state index contributed by atoms with van der Waals surface area (Å²) in [7, 11) is 0. The standard InChI is InChI=1S/C23H23N3O5S/c1-14(27)24-18-10-16(19-13-32-15(2)25-19)4-6-20(18)31-12-23(28)26-17-5-7-21-22(11-17)30-9-3-8-29-21/h4-7,10-11,13H,3,8-9,12H2,1-2H3,(H,24,27)(H,26,28). The Morgan fingerprint density at radius 1 is 1.09 bits per heavy atom. The van der Waals surface area contributed by atoms with Gasteiger partial charge in [0.1, 0.15) is 5.75 Å². The number of carbonyl (C=O) groups excluding carboxylic acids is 2. The summed E-state index contributed by atoms with van der Waals surface area (Å²) in [6.07, 6.45) is 0.807. The number of aryl methyl sites for hydroxylation is 1. The van der Waals surface area contributed by atoms with Crippen molar-refractivity contribution in [2.75, 3.05) is 30.5 Å². The maximum Gasteiger partial charge on any atom is 0.262 e. The maximum absolute atomic E-state index is 12.4. The molecule has 0 saturated heterocycles. The highest BCUT2D eigenvalue weighted by Gasteiger charge is 2.14. The van der Waals surface area contributed by atoms with Crippen molar-refractivity contribution in [3.05, 3.63) is 46.8 Å². The number of nitrogens with zero attached hydrogens (tertiary/aromatic N) is 1. The maximum atomic E-state index is 12.4. The first-order valence-electron chi connectivity index (χ1n) is 10.1. The molecule has 9 heteroatoms. The third-order valence-corrected chi connectivity index (χ3v) is 5.37. The van der Waals surface area contributed by atoms with Crippen molar-refractivity contribution in [3.8, 4) is 28.5 Å². The molecule has 1 aliphatic heterocycles. The first-order chi connectivity index (χ1) is 15.5. The van der Waals surface area contributed by atoms with Crippen LogP contribution in [0.2, 0.25) is 0 Å². The molecule has 32 heavy (non-hydrogen) atoms. The SMILES string of the molecule is CC(=O)Nc1cc(-c2csc(C)n2)ccc1OCC(=O)Nc1ccc2c(c1)OCCCO2. The van der Waals surface area contributed by atoms with E-state index in [1.54, 1.807) is 41.7 Å². The number of ether oxygens (including phenoxy) is 3. The molecule has 0 radical (unpaired) electrons. The average molecular weight is 454 g/mol. The van der Waals surface area contributed by atoms with Gasteiger partial charge in [-0.25, -0.2) is 4.98 Å². The number of hydrogen-bond acceptors (Lipinski definition) is 7. The molecule has 0 aliphatic carbocycles. The molecule has 0 unspecified atom stereocenters. The van der Waals surface area contributed by atoms with Gasteiger partial charge in [0.2, 0.25) is 5.91 Å². The Labute approximate surface area is 189 Å². The van der Waals surface area contributed by atoms with Gasteiger partial charge in [-0.3, -0.25) is 9.59 Å². The molecule has 0 bridgehead atoms. The quantitative estimate of drug-likeness (QED) is 0.579. The van der Waals surface area contributed by atoms with Gasteiger partial charge in [-0.15, -0.1) is 11.3 Å². The Hall–Kier alpha value is -3.59. The molecular formula is C23H23N3O5S. The molecule has 4 rings (SSSR count). The van der Waals surface area contributed by atoms with Gasteiger partial charge < -0.3 is 24.8 Å². The summed E-state index contributed by atoms with van der Waals surface area (Å²) in [6, 6.07) is 10.6. The molecule has 2 amide bonds. The summed E-state index contributed by atoms with van der Waals surface area (Å²) in [5.74, 6) is 1.07.